The fraction of sp³-hybridized carbons (Fsp3) is 0.263. The zero-order chi connectivity index (χ0) is 14.4. The Labute approximate surface area is 129 Å². The Hall–Kier alpha value is -1.34. The zero-order valence-electron chi connectivity index (χ0n) is 12.4. The molecule has 1 unspecified atom stereocenters. The number of rotatable bonds is 1. The predicted octanol–water partition coefficient (Wildman–Crippen LogP) is 5.84. The second-order valence-corrected chi connectivity index (χ2v) is 6.64. The van der Waals surface area contributed by atoms with Crippen LogP contribution in [0.1, 0.15) is 44.9 Å². The maximum absolute atomic E-state index is 3.73. The number of fused-ring (bicyclic) bond motifs is 1. The van der Waals surface area contributed by atoms with Crippen LogP contribution in [0.25, 0.3) is 6.08 Å². The lowest BCUT2D eigenvalue weighted by Crippen LogP contribution is -2.03. The van der Waals surface area contributed by atoms with Crippen LogP contribution in [0.3, 0.4) is 0 Å². The van der Waals surface area contributed by atoms with Crippen LogP contribution < -0.4 is 0 Å². The molecule has 1 heteroatoms. The minimum absolute atomic E-state index is 0.391. The molecule has 1 atom stereocenters. The van der Waals surface area contributed by atoms with Crippen molar-refractivity contribution in [2.45, 2.75) is 33.6 Å². The number of aryl methyl sites for hydroxylation is 4. The summed E-state index contributed by atoms with van der Waals surface area (Å²) in [7, 11) is 0. The first-order chi connectivity index (χ1) is 9.49. The van der Waals surface area contributed by atoms with E-state index >= 15 is 0 Å². The summed E-state index contributed by atoms with van der Waals surface area (Å²) < 4.78 is 1.23. The number of allylic oxidation sites excluding steroid dienone is 1. The molecule has 0 spiro atoms. The van der Waals surface area contributed by atoms with E-state index in [9.17, 15) is 0 Å². The lowest BCUT2D eigenvalue weighted by atomic mass is 9.86. The van der Waals surface area contributed by atoms with E-state index in [0.29, 0.717) is 5.92 Å². The fourth-order valence-corrected chi connectivity index (χ4v) is 3.88. The van der Waals surface area contributed by atoms with Crippen LogP contribution in [0, 0.1) is 27.7 Å². The van der Waals surface area contributed by atoms with E-state index in [-0.39, 0.29) is 0 Å². The molecule has 1 aliphatic rings. The molecule has 0 nitrogen and oxygen atoms in total. The van der Waals surface area contributed by atoms with E-state index in [1.807, 2.05) is 0 Å². The summed E-state index contributed by atoms with van der Waals surface area (Å²) in [6.45, 7) is 8.77. The molecular weight excluding hydrogens is 308 g/mol. The Kier molecular flexibility index (Phi) is 3.33. The first-order valence-electron chi connectivity index (χ1n) is 7.04. The van der Waals surface area contributed by atoms with Crippen molar-refractivity contribution in [1.29, 1.82) is 0 Å². The molecule has 0 bridgehead atoms. The van der Waals surface area contributed by atoms with Gasteiger partial charge in [-0.2, -0.15) is 0 Å². The standard InChI is InChI=1S/C19H19Br/c1-11-9-13(3)18(14(4)10-11)16-7-8-17-15(16)6-5-12(2)19(17)20/h5-10,16H,1-4H3. The quantitative estimate of drug-likeness (QED) is 0.617. The van der Waals surface area contributed by atoms with Crippen molar-refractivity contribution in [2.75, 3.05) is 0 Å². The van der Waals surface area contributed by atoms with E-state index in [0.717, 1.165) is 0 Å². The second kappa shape index (κ2) is 4.89. The summed E-state index contributed by atoms with van der Waals surface area (Å²) in [4.78, 5) is 0. The van der Waals surface area contributed by atoms with Crippen LogP contribution in [-0.2, 0) is 0 Å². The highest BCUT2D eigenvalue weighted by atomic mass is 79.9. The molecule has 0 aliphatic heterocycles. The van der Waals surface area contributed by atoms with Crippen LogP contribution in [-0.4, -0.2) is 0 Å². The minimum atomic E-state index is 0.391. The van der Waals surface area contributed by atoms with Gasteiger partial charge in [0.1, 0.15) is 0 Å². The molecule has 0 radical (unpaired) electrons. The Morgan fingerprint density at radius 3 is 2.20 bits per heavy atom. The molecule has 102 valence electrons. The van der Waals surface area contributed by atoms with Crippen molar-refractivity contribution in [3.63, 3.8) is 0 Å². The molecule has 0 fully saturated rings. The summed E-state index contributed by atoms with van der Waals surface area (Å²) in [6, 6.07) is 9.06. The van der Waals surface area contributed by atoms with Gasteiger partial charge in [-0.3, -0.25) is 0 Å². The molecule has 1 aliphatic carbocycles. The molecule has 0 saturated carbocycles. The Balaban J connectivity index is 2.18. The molecule has 0 heterocycles. The molecule has 2 aromatic carbocycles. The SMILES string of the molecule is Cc1cc(C)c(C2C=Cc3c2ccc(C)c3Br)c(C)c1. The van der Waals surface area contributed by atoms with Gasteiger partial charge in [-0.05, 0) is 77.0 Å². The van der Waals surface area contributed by atoms with Crippen molar-refractivity contribution in [2.24, 2.45) is 0 Å². The lowest BCUT2D eigenvalue weighted by Gasteiger charge is -2.19. The first-order valence-corrected chi connectivity index (χ1v) is 7.83. The lowest BCUT2D eigenvalue weighted by molar-refractivity contribution is 1.00. The van der Waals surface area contributed by atoms with Gasteiger partial charge in [0.2, 0.25) is 0 Å². The molecule has 2 aromatic rings. The summed E-state index contributed by atoms with van der Waals surface area (Å²) in [5.74, 6) is 0.391. The van der Waals surface area contributed by atoms with Crippen LogP contribution >= 0.6 is 15.9 Å². The summed E-state index contributed by atoms with van der Waals surface area (Å²) in [5.41, 5.74) is 9.64. The van der Waals surface area contributed by atoms with Crippen molar-refractivity contribution in [3.8, 4) is 0 Å². The third-order valence-electron chi connectivity index (χ3n) is 4.25. The largest absolute Gasteiger partial charge is 0.0720 e. The third kappa shape index (κ3) is 2.05. The van der Waals surface area contributed by atoms with Crippen LogP contribution in [0.5, 0.6) is 0 Å². The zero-order valence-corrected chi connectivity index (χ0v) is 14.0. The number of halogens is 1. The van der Waals surface area contributed by atoms with Gasteiger partial charge in [-0.1, -0.05) is 42.0 Å². The van der Waals surface area contributed by atoms with Crippen molar-refractivity contribution in [1.82, 2.24) is 0 Å². The summed E-state index contributed by atoms with van der Waals surface area (Å²) in [5, 5.41) is 0. The average molecular weight is 327 g/mol. The van der Waals surface area contributed by atoms with Gasteiger partial charge in [-0.15, -0.1) is 0 Å². The number of benzene rings is 2. The smallest absolute Gasteiger partial charge is 0.0284 e. The summed E-state index contributed by atoms with van der Waals surface area (Å²) >= 11 is 3.73. The second-order valence-electron chi connectivity index (χ2n) is 5.85. The van der Waals surface area contributed by atoms with Crippen LogP contribution in [0.4, 0.5) is 0 Å². The number of hydrogen-bond donors (Lipinski definition) is 0. The van der Waals surface area contributed by atoms with E-state index < -0.39 is 0 Å². The predicted molar refractivity (Wildman–Crippen MR) is 90.4 cm³/mol. The van der Waals surface area contributed by atoms with Crippen molar-refractivity contribution < 1.29 is 0 Å². The van der Waals surface area contributed by atoms with E-state index in [1.165, 1.54) is 43.4 Å². The molecule has 3 rings (SSSR count). The van der Waals surface area contributed by atoms with Gasteiger partial charge in [-0.25, -0.2) is 0 Å². The highest BCUT2D eigenvalue weighted by Gasteiger charge is 2.24. The van der Waals surface area contributed by atoms with Gasteiger partial charge < -0.3 is 0 Å². The first kappa shape index (κ1) is 13.6. The highest BCUT2D eigenvalue weighted by molar-refractivity contribution is 9.10. The topological polar surface area (TPSA) is 0 Å². The Morgan fingerprint density at radius 2 is 1.55 bits per heavy atom. The third-order valence-corrected chi connectivity index (χ3v) is 5.30. The molecule has 0 amide bonds. The average Bonchev–Trinajstić information content (AvgIpc) is 2.77. The molecular formula is C19H19Br. The maximum atomic E-state index is 3.73. The van der Waals surface area contributed by atoms with Crippen molar-refractivity contribution >= 4 is 22.0 Å². The fourth-order valence-electron chi connectivity index (χ4n) is 3.39. The van der Waals surface area contributed by atoms with Gasteiger partial charge in [0.15, 0.2) is 0 Å². The molecule has 0 saturated heterocycles. The molecule has 0 N–H and O–H groups in total. The molecule has 20 heavy (non-hydrogen) atoms. The normalized spacial score (nSPS) is 16.6. The van der Waals surface area contributed by atoms with Crippen LogP contribution in [0.15, 0.2) is 34.8 Å². The van der Waals surface area contributed by atoms with E-state index in [4.69, 9.17) is 0 Å². The van der Waals surface area contributed by atoms with Gasteiger partial charge in [0.05, 0.1) is 0 Å². The summed E-state index contributed by atoms with van der Waals surface area (Å²) in [6.07, 6.45) is 4.59. The van der Waals surface area contributed by atoms with Gasteiger partial charge in [0, 0.05) is 10.4 Å². The minimum Gasteiger partial charge on any atom is -0.0720 e. The van der Waals surface area contributed by atoms with Gasteiger partial charge in [0.25, 0.3) is 0 Å². The monoisotopic (exact) mass is 326 g/mol. The van der Waals surface area contributed by atoms with Crippen LogP contribution in [0.2, 0.25) is 0 Å². The molecule has 0 aromatic heterocycles. The highest BCUT2D eigenvalue weighted by Crippen LogP contribution is 2.42. The maximum Gasteiger partial charge on any atom is 0.0284 e. The van der Waals surface area contributed by atoms with Gasteiger partial charge >= 0.3 is 0 Å². The van der Waals surface area contributed by atoms with E-state index in [1.54, 1.807) is 0 Å². The Morgan fingerprint density at radius 1 is 0.900 bits per heavy atom. The Bertz CT molecular complexity index is 700. The number of hydrogen-bond acceptors (Lipinski definition) is 0. The van der Waals surface area contributed by atoms with E-state index in [2.05, 4.69) is 80.0 Å². The van der Waals surface area contributed by atoms with Crippen molar-refractivity contribution in [3.05, 3.63) is 73.8 Å².